The van der Waals surface area contributed by atoms with Crippen LogP contribution in [0.3, 0.4) is 0 Å². The van der Waals surface area contributed by atoms with E-state index in [1.165, 1.54) is 22.3 Å². The van der Waals surface area contributed by atoms with E-state index in [9.17, 15) is 5.26 Å². The second kappa shape index (κ2) is 10.5. The van der Waals surface area contributed by atoms with E-state index in [-0.39, 0.29) is 33.7 Å². The SMILES string of the molecule is CC(C)(C)c1cc([C@H]2COC(/C(C#N)=C3\N[C@@H](c4cc(C(C)(C)C)cc(C(C)(C)C)c4)CO3)=N2)cc(C(C)(C)C)c1. The molecule has 5 heteroatoms. The Kier molecular flexibility index (Phi) is 7.89. The zero-order chi connectivity index (χ0) is 30.5. The Morgan fingerprint density at radius 2 is 1.12 bits per heavy atom. The first-order valence-electron chi connectivity index (χ1n) is 14.8. The molecule has 2 atom stereocenters. The van der Waals surface area contributed by atoms with Crippen molar-refractivity contribution in [1.29, 1.82) is 5.26 Å². The smallest absolute Gasteiger partial charge is 0.233 e. The largest absolute Gasteiger partial charge is 0.476 e. The molecule has 1 saturated heterocycles. The van der Waals surface area contributed by atoms with E-state index in [0.29, 0.717) is 30.6 Å². The third-order valence-electron chi connectivity index (χ3n) is 8.07. The van der Waals surface area contributed by atoms with Gasteiger partial charge in [-0.1, -0.05) is 119 Å². The molecule has 0 bridgehead atoms. The van der Waals surface area contributed by atoms with Crippen LogP contribution < -0.4 is 5.32 Å². The van der Waals surface area contributed by atoms with Gasteiger partial charge in [-0.25, -0.2) is 4.99 Å². The molecule has 2 aliphatic heterocycles. The van der Waals surface area contributed by atoms with Crippen molar-refractivity contribution in [3.63, 3.8) is 0 Å². The van der Waals surface area contributed by atoms with Crippen molar-refractivity contribution in [3.8, 4) is 6.07 Å². The zero-order valence-electron chi connectivity index (χ0n) is 27.2. The minimum atomic E-state index is -0.174. The molecule has 2 heterocycles. The maximum Gasteiger partial charge on any atom is 0.233 e. The van der Waals surface area contributed by atoms with Gasteiger partial charge in [0.2, 0.25) is 11.8 Å². The molecule has 2 aliphatic rings. The maximum atomic E-state index is 10.2. The Balaban J connectivity index is 1.66. The van der Waals surface area contributed by atoms with Crippen LogP contribution >= 0.6 is 0 Å². The molecule has 0 saturated carbocycles. The summed E-state index contributed by atoms with van der Waals surface area (Å²) >= 11 is 0. The molecule has 0 unspecified atom stereocenters. The third kappa shape index (κ3) is 6.80. The standard InChI is InChI=1S/C36H49N3O2/c1-33(2,3)24-13-22(14-25(17-24)34(4,5)6)29-20-40-31(38-29)28(19-37)32-39-30(21-41-32)23-15-26(35(7,8)9)18-27(16-23)36(10,11)12/h13-18,29-30,38H,20-21H2,1-12H3/b31-28+/t29-,30-/m1/s1. The molecule has 1 N–H and O–H groups in total. The lowest BCUT2D eigenvalue weighted by Gasteiger charge is -2.27. The van der Waals surface area contributed by atoms with Crippen molar-refractivity contribution in [1.82, 2.24) is 5.32 Å². The topological polar surface area (TPSA) is 66.6 Å². The Bertz CT molecular complexity index is 1350. The monoisotopic (exact) mass is 555 g/mol. The molecule has 2 aromatic rings. The normalized spacial score (nSPS) is 21.0. The first kappa shape index (κ1) is 30.7. The lowest BCUT2D eigenvalue weighted by Crippen LogP contribution is -2.21. The summed E-state index contributed by atoms with van der Waals surface area (Å²) in [7, 11) is 0. The van der Waals surface area contributed by atoms with Gasteiger partial charge < -0.3 is 14.8 Å². The molecule has 5 nitrogen and oxygen atoms in total. The summed E-state index contributed by atoms with van der Waals surface area (Å²) in [6.45, 7) is 27.7. The summed E-state index contributed by atoms with van der Waals surface area (Å²) < 4.78 is 12.1. The number of hydrogen-bond acceptors (Lipinski definition) is 5. The lowest BCUT2D eigenvalue weighted by atomic mass is 9.79. The Hall–Kier alpha value is -3.26. The van der Waals surface area contributed by atoms with Crippen LogP contribution in [0.25, 0.3) is 0 Å². The predicted molar refractivity (Wildman–Crippen MR) is 168 cm³/mol. The quantitative estimate of drug-likeness (QED) is 0.386. The molecule has 220 valence electrons. The van der Waals surface area contributed by atoms with E-state index < -0.39 is 0 Å². The number of rotatable bonds is 3. The van der Waals surface area contributed by atoms with Crippen LogP contribution in [0, 0.1) is 11.3 Å². The Morgan fingerprint density at radius 3 is 1.54 bits per heavy atom. The molecule has 4 rings (SSSR count). The predicted octanol–water partition coefficient (Wildman–Crippen LogP) is 8.44. The summed E-state index contributed by atoms with van der Waals surface area (Å²) in [5.41, 5.74) is 7.79. The molecule has 41 heavy (non-hydrogen) atoms. The fourth-order valence-corrected chi connectivity index (χ4v) is 5.04. The number of nitrogens with zero attached hydrogens (tertiary/aromatic N) is 2. The van der Waals surface area contributed by atoms with Crippen LogP contribution in [0.1, 0.15) is 129 Å². The Morgan fingerprint density at radius 1 is 0.683 bits per heavy atom. The number of aliphatic imine (C=N–C) groups is 1. The van der Waals surface area contributed by atoms with E-state index in [0.717, 1.165) is 11.1 Å². The minimum absolute atomic E-state index is 0.00950. The van der Waals surface area contributed by atoms with Crippen molar-refractivity contribution in [2.24, 2.45) is 4.99 Å². The number of benzene rings is 2. The van der Waals surface area contributed by atoms with Crippen LogP contribution in [0.5, 0.6) is 0 Å². The summed E-state index contributed by atoms with van der Waals surface area (Å²) in [5, 5.41) is 13.7. The summed E-state index contributed by atoms with van der Waals surface area (Å²) in [4.78, 5) is 4.91. The van der Waals surface area contributed by atoms with Crippen LogP contribution in [0.4, 0.5) is 0 Å². The fourth-order valence-electron chi connectivity index (χ4n) is 5.04. The van der Waals surface area contributed by atoms with Gasteiger partial charge in [0.05, 0.1) is 6.04 Å². The van der Waals surface area contributed by atoms with Gasteiger partial charge in [-0.2, -0.15) is 5.26 Å². The van der Waals surface area contributed by atoms with Gasteiger partial charge in [0, 0.05) is 0 Å². The van der Waals surface area contributed by atoms with Gasteiger partial charge in [-0.3, -0.25) is 0 Å². The summed E-state index contributed by atoms with van der Waals surface area (Å²) in [6.07, 6.45) is 0. The average molecular weight is 556 g/mol. The maximum absolute atomic E-state index is 10.2. The molecule has 2 aromatic carbocycles. The molecule has 0 radical (unpaired) electrons. The van der Waals surface area contributed by atoms with Crippen LogP contribution in [-0.2, 0) is 31.1 Å². The van der Waals surface area contributed by atoms with Crippen molar-refractivity contribution < 1.29 is 9.47 Å². The van der Waals surface area contributed by atoms with Gasteiger partial charge in [-0.15, -0.1) is 0 Å². The van der Waals surface area contributed by atoms with E-state index in [1.807, 2.05) is 0 Å². The molecule has 0 aliphatic carbocycles. The Labute approximate surface area is 248 Å². The van der Waals surface area contributed by atoms with Gasteiger partial charge in [0.1, 0.15) is 25.3 Å². The van der Waals surface area contributed by atoms with Gasteiger partial charge in [-0.05, 0) is 55.0 Å². The highest BCUT2D eigenvalue weighted by Gasteiger charge is 2.33. The first-order chi connectivity index (χ1) is 18.8. The van der Waals surface area contributed by atoms with E-state index in [1.54, 1.807) is 0 Å². The zero-order valence-corrected chi connectivity index (χ0v) is 27.2. The van der Waals surface area contributed by atoms with Crippen LogP contribution in [0.15, 0.2) is 52.8 Å². The van der Waals surface area contributed by atoms with E-state index in [4.69, 9.17) is 14.5 Å². The van der Waals surface area contributed by atoms with Gasteiger partial charge in [0.25, 0.3) is 0 Å². The molecule has 0 aromatic heterocycles. The summed E-state index contributed by atoms with van der Waals surface area (Å²) in [5.74, 6) is 0.784. The minimum Gasteiger partial charge on any atom is -0.476 e. The molecule has 0 spiro atoms. The third-order valence-corrected chi connectivity index (χ3v) is 8.07. The van der Waals surface area contributed by atoms with Crippen molar-refractivity contribution in [2.45, 2.75) is 117 Å². The van der Waals surface area contributed by atoms with Crippen molar-refractivity contribution >= 4 is 5.90 Å². The summed E-state index contributed by atoms with van der Waals surface area (Å²) in [6, 6.07) is 15.7. The number of ether oxygens (including phenoxy) is 2. The fraction of sp³-hybridized carbons (Fsp3) is 0.556. The lowest BCUT2D eigenvalue weighted by molar-refractivity contribution is 0.251. The molecular weight excluding hydrogens is 506 g/mol. The second-order valence-corrected chi connectivity index (χ2v) is 15.8. The molecule has 0 amide bonds. The number of nitrogens with one attached hydrogen (secondary N) is 1. The number of hydrogen-bond donors (Lipinski definition) is 1. The highest BCUT2D eigenvalue weighted by atomic mass is 16.5. The van der Waals surface area contributed by atoms with Crippen molar-refractivity contribution in [3.05, 3.63) is 81.2 Å². The van der Waals surface area contributed by atoms with Gasteiger partial charge >= 0.3 is 0 Å². The number of nitriles is 1. The van der Waals surface area contributed by atoms with E-state index in [2.05, 4.69) is 131 Å². The van der Waals surface area contributed by atoms with Gasteiger partial charge in [0.15, 0.2) is 5.57 Å². The highest BCUT2D eigenvalue weighted by molar-refractivity contribution is 5.98. The van der Waals surface area contributed by atoms with Crippen LogP contribution in [0.2, 0.25) is 0 Å². The molecule has 1 fully saturated rings. The van der Waals surface area contributed by atoms with Crippen LogP contribution in [-0.4, -0.2) is 19.1 Å². The van der Waals surface area contributed by atoms with E-state index >= 15 is 0 Å². The average Bonchev–Trinajstić information content (AvgIpc) is 3.53. The molecular formula is C36H49N3O2. The highest BCUT2D eigenvalue weighted by Crippen LogP contribution is 2.37. The van der Waals surface area contributed by atoms with Crippen molar-refractivity contribution in [2.75, 3.05) is 13.2 Å². The first-order valence-corrected chi connectivity index (χ1v) is 14.8. The second-order valence-electron chi connectivity index (χ2n) is 15.8.